The van der Waals surface area contributed by atoms with E-state index < -0.39 is 0 Å². The standard InChI is InChI=1S/C18H28N2O3/c1-14(17(22)13-21)9-12-23-11-3-2-6-16-8-7-15-5-4-10-19-18(15)20-16/h7-8,14,21H,2-6,9-13H2,1H3,(H,19,20)/t14-/m0/s1. The summed E-state index contributed by atoms with van der Waals surface area (Å²) in [6, 6.07) is 4.33. The van der Waals surface area contributed by atoms with Crippen LogP contribution in [0.25, 0.3) is 0 Å². The maximum absolute atomic E-state index is 11.2. The van der Waals surface area contributed by atoms with Gasteiger partial charge in [-0.25, -0.2) is 4.98 Å². The summed E-state index contributed by atoms with van der Waals surface area (Å²) in [7, 11) is 0. The predicted octanol–water partition coefficient (Wildman–Crippen LogP) is 2.37. The third-order valence-electron chi connectivity index (χ3n) is 4.32. The van der Waals surface area contributed by atoms with Crippen LogP contribution in [0.3, 0.4) is 0 Å². The fraction of sp³-hybridized carbons (Fsp3) is 0.667. The highest BCUT2D eigenvalue weighted by Crippen LogP contribution is 2.20. The van der Waals surface area contributed by atoms with E-state index in [9.17, 15) is 4.79 Å². The number of anilines is 1. The molecule has 0 spiro atoms. The molecular formula is C18H28N2O3. The molecule has 1 aromatic rings. The van der Waals surface area contributed by atoms with Gasteiger partial charge in [0.1, 0.15) is 12.4 Å². The van der Waals surface area contributed by atoms with Crippen molar-refractivity contribution in [2.24, 2.45) is 5.92 Å². The molecule has 5 nitrogen and oxygen atoms in total. The number of unbranched alkanes of at least 4 members (excludes halogenated alkanes) is 1. The van der Waals surface area contributed by atoms with Crippen molar-refractivity contribution >= 4 is 11.6 Å². The van der Waals surface area contributed by atoms with Gasteiger partial charge in [-0.3, -0.25) is 4.79 Å². The second kappa shape index (κ2) is 9.63. The number of fused-ring (bicyclic) bond motifs is 1. The molecule has 1 aliphatic rings. The predicted molar refractivity (Wildman–Crippen MR) is 90.7 cm³/mol. The van der Waals surface area contributed by atoms with Crippen molar-refractivity contribution in [2.45, 2.75) is 45.4 Å². The number of pyridine rings is 1. The Kier molecular flexibility index (Phi) is 7.49. The van der Waals surface area contributed by atoms with E-state index in [1.807, 2.05) is 6.92 Å². The Labute approximate surface area is 138 Å². The Bertz CT molecular complexity index is 505. The van der Waals surface area contributed by atoms with Crippen molar-refractivity contribution in [3.63, 3.8) is 0 Å². The van der Waals surface area contributed by atoms with Crippen molar-refractivity contribution in [1.29, 1.82) is 0 Å². The molecule has 0 unspecified atom stereocenters. The van der Waals surface area contributed by atoms with E-state index in [1.165, 1.54) is 12.0 Å². The lowest BCUT2D eigenvalue weighted by Crippen LogP contribution is -2.16. The number of aryl methyl sites for hydroxylation is 2. The van der Waals surface area contributed by atoms with Crippen LogP contribution < -0.4 is 5.32 Å². The highest BCUT2D eigenvalue weighted by Gasteiger charge is 2.11. The molecule has 0 aliphatic carbocycles. The summed E-state index contributed by atoms with van der Waals surface area (Å²) in [5.74, 6) is 0.834. The van der Waals surface area contributed by atoms with Crippen LogP contribution in [0.1, 0.15) is 43.9 Å². The number of Topliss-reactive ketones (excluding diaryl/α,β-unsaturated/α-hetero) is 1. The Hall–Kier alpha value is -1.46. The van der Waals surface area contributed by atoms with Crippen LogP contribution in [0.4, 0.5) is 5.82 Å². The molecule has 2 N–H and O–H groups in total. The van der Waals surface area contributed by atoms with Gasteiger partial charge < -0.3 is 15.2 Å². The topological polar surface area (TPSA) is 71.5 Å². The first-order chi connectivity index (χ1) is 11.2. The second-order valence-electron chi connectivity index (χ2n) is 6.22. The molecule has 0 saturated carbocycles. The number of ketones is 1. The molecule has 2 rings (SSSR count). The number of nitrogens with one attached hydrogen (secondary N) is 1. The molecular weight excluding hydrogens is 292 g/mol. The number of aromatic nitrogens is 1. The maximum atomic E-state index is 11.2. The summed E-state index contributed by atoms with van der Waals surface area (Å²) in [5, 5.41) is 12.1. The smallest absolute Gasteiger partial charge is 0.161 e. The average molecular weight is 320 g/mol. The third kappa shape index (κ3) is 5.92. The van der Waals surface area contributed by atoms with E-state index in [0.717, 1.165) is 43.7 Å². The zero-order valence-electron chi connectivity index (χ0n) is 14.0. The van der Waals surface area contributed by atoms with Crippen LogP contribution in [0, 0.1) is 5.92 Å². The Morgan fingerprint density at radius 3 is 3.09 bits per heavy atom. The van der Waals surface area contributed by atoms with Crippen molar-refractivity contribution in [1.82, 2.24) is 4.98 Å². The number of rotatable bonds is 10. The quantitative estimate of drug-likeness (QED) is 0.648. The van der Waals surface area contributed by atoms with Crippen molar-refractivity contribution in [3.05, 3.63) is 23.4 Å². The highest BCUT2D eigenvalue weighted by molar-refractivity contribution is 5.81. The van der Waals surface area contributed by atoms with Crippen LogP contribution in [0.5, 0.6) is 0 Å². The van der Waals surface area contributed by atoms with Crippen LogP contribution in [-0.2, 0) is 22.4 Å². The van der Waals surface area contributed by atoms with Gasteiger partial charge in [-0.1, -0.05) is 13.0 Å². The normalized spacial score (nSPS) is 14.9. The van der Waals surface area contributed by atoms with Crippen molar-refractivity contribution < 1.29 is 14.6 Å². The molecule has 0 amide bonds. The summed E-state index contributed by atoms with van der Waals surface area (Å²) < 4.78 is 5.56. The summed E-state index contributed by atoms with van der Waals surface area (Å²) in [6.07, 6.45) is 6.01. The van der Waals surface area contributed by atoms with Gasteiger partial charge in [0, 0.05) is 31.4 Å². The average Bonchev–Trinajstić information content (AvgIpc) is 2.59. The summed E-state index contributed by atoms with van der Waals surface area (Å²) in [4.78, 5) is 15.9. The SMILES string of the molecule is C[C@@H](CCOCCCCc1ccc2c(n1)NCCC2)C(=O)CO. The Balaban J connectivity index is 1.56. The number of nitrogens with zero attached hydrogens (tertiary/aromatic N) is 1. The molecule has 1 aromatic heterocycles. The summed E-state index contributed by atoms with van der Waals surface area (Å²) >= 11 is 0. The minimum atomic E-state index is -0.371. The first kappa shape index (κ1) is 17.9. The van der Waals surface area contributed by atoms with Crippen LogP contribution in [0.2, 0.25) is 0 Å². The summed E-state index contributed by atoms with van der Waals surface area (Å²) in [5.41, 5.74) is 2.47. The van der Waals surface area contributed by atoms with Gasteiger partial charge in [-0.15, -0.1) is 0 Å². The minimum absolute atomic E-state index is 0.110. The number of hydrogen-bond donors (Lipinski definition) is 2. The fourth-order valence-electron chi connectivity index (χ4n) is 2.70. The zero-order valence-corrected chi connectivity index (χ0v) is 14.0. The molecule has 0 radical (unpaired) electrons. The third-order valence-corrected chi connectivity index (χ3v) is 4.32. The highest BCUT2D eigenvalue weighted by atomic mass is 16.5. The summed E-state index contributed by atoms with van der Waals surface area (Å²) in [6.45, 7) is 3.77. The van der Waals surface area contributed by atoms with E-state index in [1.54, 1.807) is 0 Å². The molecule has 1 atom stereocenters. The van der Waals surface area contributed by atoms with Gasteiger partial charge in [0.2, 0.25) is 0 Å². The zero-order chi connectivity index (χ0) is 16.5. The van der Waals surface area contributed by atoms with Gasteiger partial charge in [-0.2, -0.15) is 0 Å². The van der Waals surface area contributed by atoms with Gasteiger partial charge >= 0.3 is 0 Å². The number of ether oxygens (including phenoxy) is 1. The Morgan fingerprint density at radius 2 is 2.26 bits per heavy atom. The molecule has 2 heterocycles. The number of aliphatic hydroxyl groups excluding tert-OH is 1. The van der Waals surface area contributed by atoms with Crippen molar-refractivity contribution in [3.8, 4) is 0 Å². The van der Waals surface area contributed by atoms with E-state index in [2.05, 4.69) is 22.4 Å². The lowest BCUT2D eigenvalue weighted by atomic mass is 10.0. The fourth-order valence-corrected chi connectivity index (χ4v) is 2.70. The first-order valence-electron chi connectivity index (χ1n) is 8.64. The minimum Gasteiger partial charge on any atom is -0.389 e. The maximum Gasteiger partial charge on any atom is 0.161 e. The first-order valence-corrected chi connectivity index (χ1v) is 8.64. The van der Waals surface area contributed by atoms with Gasteiger partial charge in [0.05, 0.1) is 0 Å². The van der Waals surface area contributed by atoms with Gasteiger partial charge in [0.15, 0.2) is 5.78 Å². The van der Waals surface area contributed by atoms with E-state index in [-0.39, 0.29) is 18.3 Å². The van der Waals surface area contributed by atoms with Crippen molar-refractivity contribution in [2.75, 3.05) is 31.7 Å². The molecule has 0 fully saturated rings. The van der Waals surface area contributed by atoms with E-state index >= 15 is 0 Å². The second-order valence-corrected chi connectivity index (χ2v) is 6.22. The Morgan fingerprint density at radius 1 is 1.39 bits per heavy atom. The monoisotopic (exact) mass is 320 g/mol. The van der Waals surface area contributed by atoms with Gasteiger partial charge in [-0.05, 0) is 50.2 Å². The lowest BCUT2D eigenvalue weighted by molar-refractivity contribution is -0.125. The van der Waals surface area contributed by atoms with Crippen LogP contribution in [-0.4, -0.2) is 42.2 Å². The molecule has 128 valence electrons. The number of hydrogen-bond acceptors (Lipinski definition) is 5. The molecule has 23 heavy (non-hydrogen) atoms. The molecule has 0 saturated heterocycles. The van der Waals surface area contributed by atoms with Crippen LogP contribution >= 0.6 is 0 Å². The molecule has 5 heteroatoms. The largest absolute Gasteiger partial charge is 0.389 e. The molecule has 0 aromatic carbocycles. The van der Waals surface area contributed by atoms with Gasteiger partial charge in [0.25, 0.3) is 0 Å². The van der Waals surface area contributed by atoms with E-state index in [4.69, 9.17) is 9.84 Å². The molecule has 1 aliphatic heterocycles. The van der Waals surface area contributed by atoms with E-state index in [0.29, 0.717) is 19.6 Å². The number of carbonyl (C=O) groups is 1. The molecule has 0 bridgehead atoms. The number of carbonyl (C=O) groups excluding carboxylic acids is 1. The number of aliphatic hydroxyl groups is 1. The lowest BCUT2D eigenvalue weighted by Gasteiger charge is -2.17. The van der Waals surface area contributed by atoms with Crippen LogP contribution in [0.15, 0.2) is 12.1 Å².